The Morgan fingerprint density at radius 3 is 2.62 bits per heavy atom. The van der Waals surface area contributed by atoms with Crippen LogP contribution < -0.4 is 4.90 Å². The Morgan fingerprint density at radius 2 is 1.81 bits per heavy atom. The molecule has 0 atom stereocenters. The lowest BCUT2D eigenvalue weighted by Crippen LogP contribution is -2.37. The molecule has 2 rings (SSSR count). The first-order valence-electron chi connectivity index (χ1n) is 8.16. The minimum Gasteiger partial charge on any atom is -0.311 e. The first-order valence-corrected chi connectivity index (χ1v) is 8.16. The minimum atomic E-state index is 0.147. The smallest absolute Gasteiger partial charge is 0.227 e. The second-order valence-electron chi connectivity index (χ2n) is 5.75. The van der Waals surface area contributed by atoms with Crippen molar-refractivity contribution in [2.24, 2.45) is 0 Å². The third-order valence-electron chi connectivity index (χ3n) is 4.10. The fourth-order valence-corrected chi connectivity index (χ4v) is 2.86. The highest BCUT2D eigenvalue weighted by atomic mass is 16.2. The molecule has 1 aliphatic rings. The Hall–Kier alpha value is -1.64. The van der Waals surface area contributed by atoms with Crippen LogP contribution in [-0.2, 0) is 4.79 Å². The van der Waals surface area contributed by atoms with Gasteiger partial charge in [-0.3, -0.25) is 9.59 Å². The highest BCUT2D eigenvalue weighted by Crippen LogP contribution is 2.27. The Labute approximate surface area is 127 Å². The third-order valence-corrected chi connectivity index (χ3v) is 4.10. The van der Waals surface area contributed by atoms with E-state index in [1.165, 1.54) is 25.7 Å². The number of fused-ring (bicyclic) bond motifs is 1. The lowest BCUT2D eigenvalue weighted by Gasteiger charge is -2.28. The molecule has 1 heterocycles. The van der Waals surface area contributed by atoms with E-state index in [2.05, 4.69) is 6.92 Å². The number of Topliss-reactive ketones (excluding diaryl/α,β-unsaturated/α-hetero) is 1. The van der Waals surface area contributed by atoms with Gasteiger partial charge in [0.15, 0.2) is 5.78 Å². The zero-order valence-corrected chi connectivity index (χ0v) is 12.9. The predicted octanol–water partition coefficient (Wildman–Crippen LogP) is 4.36. The molecule has 0 N–H and O–H groups in total. The summed E-state index contributed by atoms with van der Waals surface area (Å²) in [5.41, 5.74) is 1.49. The highest BCUT2D eigenvalue weighted by molar-refractivity contribution is 6.08. The summed E-state index contributed by atoms with van der Waals surface area (Å²) >= 11 is 0. The van der Waals surface area contributed by atoms with Crippen molar-refractivity contribution in [3.63, 3.8) is 0 Å². The van der Waals surface area contributed by atoms with E-state index < -0.39 is 0 Å². The largest absolute Gasteiger partial charge is 0.311 e. The van der Waals surface area contributed by atoms with Gasteiger partial charge in [-0.25, -0.2) is 0 Å². The number of amides is 1. The Balaban J connectivity index is 1.86. The summed E-state index contributed by atoms with van der Waals surface area (Å²) in [7, 11) is 0. The molecule has 0 saturated heterocycles. The quantitative estimate of drug-likeness (QED) is 0.699. The van der Waals surface area contributed by atoms with Crippen molar-refractivity contribution in [3.8, 4) is 0 Å². The third kappa shape index (κ3) is 4.16. The number of unbranched alkanes of at least 4 members (excludes halogenated alkanes) is 5. The van der Waals surface area contributed by atoms with Gasteiger partial charge in [0.2, 0.25) is 5.91 Å². The van der Waals surface area contributed by atoms with E-state index in [9.17, 15) is 9.59 Å². The minimum absolute atomic E-state index is 0.147. The molecule has 0 saturated carbocycles. The second-order valence-corrected chi connectivity index (χ2v) is 5.75. The van der Waals surface area contributed by atoms with Crippen LogP contribution in [0.25, 0.3) is 0 Å². The van der Waals surface area contributed by atoms with E-state index in [1.807, 2.05) is 24.3 Å². The number of carbonyl (C=O) groups excluding carboxylic acids is 2. The first-order chi connectivity index (χ1) is 10.2. The normalized spacial score (nSPS) is 14.1. The lowest BCUT2D eigenvalue weighted by molar-refractivity contribution is -0.118. The van der Waals surface area contributed by atoms with Gasteiger partial charge in [-0.2, -0.15) is 0 Å². The van der Waals surface area contributed by atoms with Crippen molar-refractivity contribution in [1.29, 1.82) is 0 Å². The van der Waals surface area contributed by atoms with E-state index in [4.69, 9.17) is 0 Å². The predicted molar refractivity (Wildman–Crippen MR) is 85.7 cm³/mol. The van der Waals surface area contributed by atoms with Crippen LogP contribution in [0.5, 0.6) is 0 Å². The molecular formula is C18H25NO2. The van der Waals surface area contributed by atoms with Gasteiger partial charge in [-0.15, -0.1) is 0 Å². The van der Waals surface area contributed by atoms with Gasteiger partial charge in [-0.05, 0) is 18.6 Å². The van der Waals surface area contributed by atoms with Crippen LogP contribution in [0.2, 0.25) is 0 Å². The van der Waals surface area contributed by atoms with Gasteiger partial charge >= 0.3 is 0 Å². The van der Waals surface area contributed by atoms with Crippen LogP contribution in [0.1, 0.15) is 68.6 Å². The maximum atomic E-state index is 12.4. The number of rotatable bonds is 7. The van der Waals surface area contributed by atoms with Crippen LogP contribution in [0.3, 0.4) is 0 Å². The summed E-state index contributed by atoms with van der Waals surface area (Å²) in [5.74, 6) is 0.305. The Bertz CT molecular complexity index is 496. The molecule has 0 radical (unpaired) electrons. The van der Waals surface area contributed by atoms with E-state index in [-0.39, 0.29) is 11.7 Å². The summed E-state index contributed by atoms with van der Waals surface area (Å²) < 4.78 is 0. The number of hydrogen-bond donors (Lipinski definition) is 0. The molecule has 0 unspecified atom stereocenters. The summed E-state index contributed by atoms with van der Waals surface area (Å²) in [6.07, 6.45) is 8.14. The van der Waals surface area contributed by atoms with Gasteiger partial charge in [0.05, 0.1) is 5.69 Å². The number of anilines is 1. The Morgan fingerprint density at radius 1 is 1.10 bits per heavy atom. The topological polar surface area (TPSA) is 37.4 Å². The number of nitrogens with zero attached hydrogens (tertiary/aromatic N) is 1. The van der Waals surface area contributed by atoms with Gasteiger partial charge in [-0.1, -0.05) is 51.2 Å². The molecule has 21 heavy (non-hydrogen) atoms. The fourth-order valence-electron chi connectivity index (χ4n) is 2.86. The van der Waals surface area contributed by atoms with Crippen molar-refractivity contribution in [1.82, 2.24) is 0 Å². The van der Waals surface area contributed by atoms with E-state index in [0.717, 1.165) is 18.5 Å². The molecule has 1 amide bonds. The molecule has 0 aromatic heterocycles. The zero-order valence-electron chi connectivity index (χ0n) is 12.9. The summed E-state index contributed by atoms with van der Waals surface area (Å²) in [6, 6.07) is 7.45. The van der Waals surface area contributed by atoms with Gasteiger partial charge in [0, 0.05) is 24.9 Å². The Kier molecular flexibility index (Phi) is 5.97. The molecule has 0 bridgehead atoms. The molecule has 1 aliphatic heterocycles. The van der Waals surface area contributed by atoms with Crippen molar-refractivity contribution < 1.29 is 9.59 Å². The molecule has 0 aliphatic carbocycles. The summed E-state index contributed by atoms with van der Waals surface area (Å²) in [6.45, 7) is 2.74. The number of benzene rings is 1. The van der Waals surface area contributed by atoms with Crippen LogP contribution in [-0.4, -0.2) is 18.2 Å². The van der Waals surface area contributed by atoms with Crippen LogP contribution in [0.15, 0.2) is 24.3 Å². The van der Waals surface area contributed by atoms with E-state index >= 15 is 0 Å². The monoisotopic (exact) mass is 287 g/mol. The highest BCUT2D eigenvalue weighted by Gasteiger charge is 2.26. The summed E-state index contributed by atoms with van der Waals surface area (Å²) in [4.78, 5) is 26.0. The average Bonchev–Trinajstić information content (AvgIpc) is 2.51. The lowest BCUT2D eigenvalue weighted by atomic mass is 9.99. The van der Waals surface area contributed by atoms with E-state index in [1.54, 1.807) is 4.90 Å². The zero-order chi connectivity index (χ0) is 15.1. The van der Waals surface area contributed by atoms with Crippen molar-refractivity contribution >= 4 is 17.4 Å². The van der Waals surface area contributed by atoms with Crippen molar-refractivity contribution in [3.05, 3.63) is 29.8 Å². The number of ketones is 1. The van der Waals surface area contributed by atoms with Crippen LogP contribution in [0.4, 0.5) is 5.69 Å². The van der Waals surface area contributed by atoms with Gasteiger partial charge in [0.1, 0.15) is 0 Å². The molecular weight excluding hydrogens is 262 g/mol. The maximum Gasteiger partial charge on any atom is 0.227 e. The average molecular weight is 287 g/mol. The van der Waals surface area contributed by atoms with Crippen LogP contribution >= 0.6 is 0 Å². The van der Waals surface area contributed by atoms with Crippen LogP contribution in [0, 0.1) is 0 Å². The molecule has 114 valence electrons. The van der Waals surface area contributed by atoms with Crippen molar-refractivity contribution in [2.45, 2.75) is 58.3 Å². The molecule has 3 nitrogen and oxygen atoms in total. The second kappa shape index (κ2) is 7.96. The SMILES string of the molecule is CCCCCCCCC(=O)N1CCC(=O)c2ccccc21. The molecule has 0 spiro atoms. The van der Waals surface area contributed by atoms with Crippen molar-refractivity contribution in [2.75, 3.05) is 11.4 Å². The number of hydrogen-bond acceptors (Lipinski definition) is 2. The number of carbonyl (C=O) groups is 2. The number of para-hydroxylation sites is 1. The first kappa shape index (κ1) is 15.7. The molecule has 1 aromatic rings. The molecule has 0 fully saturated rings. The van der Waals surface area contributed by atoms with E-state index in [0.29, 0.717) is 24.9 Å². The van der Waals surface area contributed by atoms with Gasteiger partial charge < -0.3 is 4.90 Å². The maximum absolute atomic E-state index is 12.4. The van der Waals surface area contributed by atoms with Gasteiger partial charge in [0.25, 0.3) is 0 Å². The standard InChI is InChI=1S/C18H25NO2/c1-2-3-4-5-6-7-12-18(21)19-14-13-17(20)15-10-8-9-11-16(15)19/h8-11H,2-7,12-14H2,1H3. The fraction of sp³-hybridized carbons (Fsp3) is 0.556. The molecule has 3 heteroatoms. The molecule has 1 aromatic carbocycles. The summed E-state index contributed by atoms with van der Waals surface area (Å²) in [5, 5.41) is 0.